The lowest BCUT2D eigenvalue weighted by Crippen LogP contribution is -2.44. The Bertz CT molecular complexity index is 684. The highest BCUT2D eigenvalue weighted by Crippen LogP contribution is 2.15. The second kappa shape index (κ2) is 8.09. The van der Waals surface area contributed by atoms with Gasteiger partial charge in [-0.1, -0.05) is 13.8 Å². The van der Waals surface area contributed by atoms with Crippen LogP contribution in [-0.2, 0) is 19.4 Å². The average molecular weight is 376 g/mol. The maximum absolute atomic E-state index is 12.4. The molecule has 0 aliphatic rings. The maximum atomic E-state index is 12.4. The molecule has 0 fully saturated rings. The number of alkyl carbamates (subject to hydrolysis) is 1. The molecule has 0 saturated carbocycles. The van der Waals surface area contributed by atoms with Gasteiger partial charge in [-0.3, -0.25) is 4.79 Å². The van der Waals surface area contributed by atoms with Crippen molar-refractivity contribution < 1.29 is 18.5 Å². The predicted octanol–water partition coefficient (Wildman–Crippen LogP) is 2.91. The maximum Gasteiger partial charge on any atom is 0.408 e. The summed E-state index contributed by atoms with van der Waals surface area (Å²) in [5.41, 5.74) is -0.690. The van der Waals surface area contributed by atoms with Crippen LogP contribution in [0.25, 0.3) is 0 Å². The zero-order valence-corrected chi connectivity index (χ0v) is 16.2. The molecule has 0 aliphatic carbocycles. The van der Waals surface area contributed by atoms with Crippen LogP contribution in [0.5, 0.6) is 0 Å². The zero-order chi connectivity index (χ0) is 18.5. The number of amides is 2. The van der Waals surface area contributed by atoms with Crippen LogP contribution in [-0.4, -0.2) is 27.9 Å². The normalized spacial score (nSPS) is 15.5. The van der Waals surface area contributed by atoms with Crippen molar-refractivity contribution >= 4 is 33.3 Å². The molecular formula is C15H25N3O4S2. The van der Waals surface area contributed by atoms with Crippen molar-refractivity contribution in [1.29, 1.82) is 0 Å². The van der Waals surface area contributed by atoms with Gasteiger partial charge < -0.3 is 10.1 Å². The highest BCUT2D eigenvalue weighted by atomic mass is 32.2. The van der Waals surface area contributed by atoms with E-state index in [1.54, 1.807) is 37.6 Å². The SMILES string of the molecule is CC(C)C[C@H](NC(=O)OC(C)(C)C)C(=O)N=S(N)(=O)c1ccsc1. The van der Waals surface area contributed by atoms with Crippen molar-refractivity contribution in [1.82, 2.24) is 5.32 Å². The molecule has 24 heavy (non-hydrogen) atoms. The van der Waals surface area contributed by atoms with Crippen molar-refractivity contribution in [3.8, 4) is 0 Å². The first kappa shape index (κ1) is 20.6. The largest absolute Gasteiger partial charge is 0.444 e. The van der Waals surface area contributed by atoms with E-state index < -0.39 is 33.6 Å². The number of carbonyl (C=O) groups excluding carboxylic acids is 2. The Hall–Kier alpha value is -1.45. The van der Waals surface area contributed by atoms with E-state index in [0.717, 1.165) is 0 Å². The van der Waals surface area contributed by atoms with E-state index in [1.165, 1.54) is 11.3 Å². The van der Waals surface area contributed by atoms with Crippen molar-refractivity contribution in [3.63, 3.8) is 0 Å². The average Bonchev–Trinajstić information content (AvgIpc) is 2.88. The van der Waals surface area contributed by atoms with Gasteiger partial charge in [-0.15, -0.1) is 4.36 Å². The van der Waals surface area contributed by atoms with Crippen LogP contribution >= 0.6 is 11.3 Å². The summed E-state index contributed by atoms with van der Waals surface area (Å²) < 4.78 is 21.2. The minimum atomic E-state index is -3.32. The molecule has 1 aromatic heterocycles. The van der Waals surface area contributed by atoms with Crippen LogP contribution < -0.4 is 10.5 Å². The van der Waals surface area contributed by atoms with Gasteiger partial charge in [0.25, 0.3) is 5.91 Å². The molecule has 1 unspecified atom stereocenters. The second-order valence-electron chi connectivity index (χ2n) is 6.79. The number of carbonyl (C=O) groups is 2. The molecule has 3 N–H and O–H groups in total. The lowest BCUT2D eigenvalue weighted by molar-refractivity contribution is -0.120. The summed E-state index contributed by atoms with van der Waals surface area (Å²) in [5, 5.41) is 11.5. The van der Waals surface area contributed by atoms with Crippen LogP contribution in [0.3, 0.4) is 0 Å². The molecule has 1 aromatic rings. The fourth-order valence-corrected chi connectivity index (χ4v) is 3.89. The summed E-state index contributed by atoms with van der Waals surface area (Å²) in [5.74, 6) is -0.618. The van der Waals surface area contributed by atoms with Gasteiger partial charge >= 0.3 is 6.09 Å². The summed E-state index contributed by atoms with van der Waals surface area (Å²) in [7, 11) is -3.32. The molecular weight excluding hydrogens is 350 g/mol. The predicted molar refractivity (Wildman–Crippen MR) is 95.0 cm³/mol. The van der Waals surface area contributed by atoms with Crippen molar-refractivity contribution in [2.75, 3.05) is 0 Å². The third-order valence-electron chi connectivity index (χ3n) is 2.75. The first-order valence-electron chi connectivity index (χ1n) is 7.51. The minimum Gasteiger partial charge on any atom is -0.444 e. The molecule has 2 amide bonds. The van der Waals surface area contributed by atoms with E-state index in [0.29, 0.717) is 11.3 Å². The summed E-state index contributed by atoms with van der Waals surface area (Å²) in [4.78, 5) is 24.6. The fourth-order valence-electron chi connectivity index (χ4n) is 1.81. The van der Waals surface area contributed by atoms with Crippen LogP contribution in [0.1, 0.15) is 41.0 Å². The van der Waals surface area contributed by atoms with Gasteiger partial charge in [0.1, 0.15) is 21.6 Å². The Balaban J connectivity index is 2.97. The Kier molecular flexibility index (Phi) is 6.94. The highest BCUT2D eigenvalue weighted by molar-refractivity contribution is 7.91. The van der Waals surface area contributed by atoms with E-state index in [2.05, 4.69) is 9.68 Å². The lowest BCUT2D eigenvalue weighted by atomic mass is 10.0. The van der Waals surface area contributed by atoms with Crippen LogP contribution in [0.4, 0.5) is 4.79 Å². The number of hydrogen-bond acceptors (Lipinski definition) is 5. The molecule has 0 radical (unpaired) electrons. The minimum absolute atomic E-state index is 0.110. The number of nitrogens with two attached hydrogens (primary N) is 1. The first-order chi connectivity index (χ1) is 10.9. The molecule has 1 heterocycles. The standard InChI is InChI=1S/C15H25N3O4S2/c1-10(2)8-12(17-14(20)22-15(3,4)5)13(19)18-24(16,21)11-6-7-23-9-11/h6-7,9-10,12H,8H2,1-5H3,(H,17,20)(H2,16,18,19,21)/t12-,24?/m0/s1. The van der Waals surface area contributed by atoms with Gasteiger partial charge in [0, 0.05) is 5.38 Å². The topological polar surface area (TPSA) is 111 Å². The number of rotatable bonds is 5. The Labute approximate surface area is 147 Å². The van der Waals surface area contributed by atoms with Gasteiger partial charge in [0.15, 0.2) is 0 Å². The number of nitrogens with one attached hydrogen (secondary N) is 1. The van der Waals surface area contributed by atoms with Gasteiger partial charge in [0.2, 0.25) is 0 Å². The zero-order valence-electron chi connectivity index (χ0n) is 14.6. The lowest BCUT2D eigenvalue weighted by Gasteiger charge is -2.23. The Morgan fingerprint density at radius 1 is 1.42 bits per heavy atom. The molecule has 0 saturated heterocycles. The Morgan fingerprint density at radius 2 is 2.04 bits per heavy atom. The molecule has 0 aliphatic heterocycles. The van der Waals surface area contributed by atoms with Gasteiger partial charge in [-0.2, -0.15) is 11.3 Å². The van der Waals surface area contributed by atoms with E-state index in [1.807, 2.05) is 13.8 Å². The van der Waals surface area contributed by atoms with Gasteiger partial charge in [0.05, 0.1) is 4.90 Å². The van der Waals surface area contributed by atoms with Crippen LogP contribution in [0.15, 0.2) is 26.1 Å². The van der Waals surface area contributed by atoms with Crippen LogP contribution in [0, 0.1) is 5.92 Å². The van der Waals surface area contributed by atoms with Crippen molar-refractivity contribution in [3.05, 3.63) is 16.8 Å². The summed E-state index contributed by atoms with van der Waals surface area (Å²) >= 11 is 1.31. The highest BCUT2D eigenvalue weighted by Gasteiger charge is 2.26. The number of ether oxygens (including phenoxy) is 1. The monoisotopic (exact) mass is 375 g/mol. The number of nitrogens with zero attached hydrogens (tertiary/aromatic N) is 1. The van der Waals surface area contributed by atoms with E-state index >= 15 is 0 Å². The smallest absolute Gasteiger partial charge is 0.408 e. The fraction of sp³-hybridized carbons (Fsp3) is 0.600. The third-order valence-corrected chi connectivity index (χ3v) is 4.97. The third kappa shape index (κ3) is 6.98. The molecule has 0 spiro atoms. The first-order valence-corrected chi connectivity index (χ1v) is 10.0. The number of thiophene rings is 1. The van der Waals surface area contributed by atoms with Crippen LogP contribution in [0.2, 0.25) is 0 Å². The molecule has 7 nitrogen and oxygen atoms in total. The number of hydrogen-bond donors (Lipinski definition) is 2. The van der Waals surface area contributed by atoms with Crippen molar-refractivity contribution in [2.24, 2.45) is 15.4 Å². The van der Waals surface area contributed by atoms with Crippen molar-refractivity contribution in [2.45, 2.75) is 57.6 Å². The summed E-state index contributed by atoms with van der Waals surface area (Å²) in [6, 6.07) is 0.616. The van der Waals surface area contributed by atoms with E-state index in [4.69, 9.17) is 9.88 Å². The summed E-state index contributed by atoms with van der Waals surface area (Å²) in [6.45, 7) is 8.96. The molecule has 1 rings (SSSR count). The quantitative estimate of drug-likeness (QED) is 0.824. The van der Waals surface area contributed by atoms with E-state index in [9.17, 15) is 13.8 Å². The molecule has 2 atom stereocenters. The molecule has 0 aromatic carbocycles. The summed E-state index contributed by atoms with van der Waals surface area (Å²) in [6.07, 6.45) is -0.392. The molecule has 136 valence electrons. The molecule has 9 heteroatoms. The second-order valence-corrected chi connectivity index (χ2v) is 9.36. The molecule has 0 bridgehead atoms. The Morgan fingerprint density at radius 3 is 2.50 bits per heavy atom. The van der Waals surface area contributed by atoms with E-state index in [-0.39, 0.29) is 5.92 Å². The van der Waals surface area contributed by atoms with Gasteiger partial charge in [-0.05, 0) is 44.6 Å². The van der Waals surface area contributed by atoms with Gasteiger partial charge in [-0.25, -0.2) is 14.1 Å².